The van der Waals surface area contributed by atoms with Crippen molar-refractivity contribution in [3.8, 4) is 22.6 Å². The number of carbonyl (C=O) groups is 1. The second-order valence-electron chi connectivity index (χ2n) is 11.2. The topological polar surface area (TPSA) is 132 Å². The highest BCUT2D eigenvalue weighted by Crippen LogP contribution is 2.43. The van der Waals surface area contributed by atoms with Gasteiger partial charge in [0, 0.05) is 30.7 Å². The number of hydrogen-bond donors (Lipinski definition) is 3. The number of aromatic nitrogens is 4. The van der Waals surface area contributed by atoms with Gasteiger partial charge in [0.15, 0.2) is 6.29 Å². The Bertz CT molecular complexity index is 1760. The zero-order chi connectivity index (χ0) is 32.0. The average molecular weight is 638 g/mol. The third-order valence-electron chi connectivity index (χ3n) is 8.07. The molecule has 0 aliphatic carbocycles. The maximum atomic E-state index is 11.5. The number of aliphatic hydroxyl groups excluding tert-OH is 1. The first kappa shape index (κ1) is 31.4. The number of tetrazole rings is 1. The lowest BCUT2D eigenvalue weighted by molar-refractivity contribution is -0.268. The molecular formula is C35H35N5O5S. The van der Waals surface area contributed by atoms with Crippen molar-refractivity contribution in [3.63, 3.8) is 0 Å². The number of ether oxygens (including phenoxy) is 2. The Hall–Kier alpha value is -4.55. The number of hydrogen-bond acceptors (Lipinski definition) is 9. The third-order valence-corrected chi connectivity index (χ3v) is 9.08. The Balaban J connectivity index is 1.25. The summed E-state index contributed by atoms with van der Waals surface area (Å²) >= 11 is 1.49. The lowest BCUT2D eigenvalue weighted by Gasteiger charge is -2.41. The number of aromatic hydroxyl groups is 1. The van der Waals surface area contributed by atoms with Gasteiger partial charge in [0.25, 0.3) is 0 Å². The molecule has 0 saturated carbocycles. The fraction of sp³-hybridized carbons (Fsp3) is 0.257. The van der Waals surface area contributed by atoms with Crippen LogP contribution in [0.15, 0.2) is 102 Å². The van der Waals surface area contributed by atoms with E-state index in [2.05, 4.69) is 27.8 Å². The van der Waals surface area contributed by atoms with Crippen LogP contribution in [0.3, 0.4) is 0 Å². The van der Waals surface area contributed by atoms with Crippen LogP contribution in [0.1, 0.15) is 48.5 Å². The Labute approximate surface area is 271 Å². The number of thioether (sulfide) groups is 1. The third kappa shape index (κ3) is 7.13. The lowest BCUT2D eigenvalue weighted by Crippen LogP contribution is -2.38. The molecule has 4 unspecified atom stereocenters. The molecule has 0 spiro atoms. The molecule has 5 aromatic rings. The molecule has 2 heterocycles. The van der Waals surface area contributed by atoms with Crippen LogP contribution in [0.2, 0.25) is 0 Å². The van der Waals surface area contributed by atoms with E-state index >= 15 is 0 Å². The molecule has 1 amide bonds. The molecule has 236 valence electrons. The monoisotopic (exact) mass is 637 g/mol. The number of amides is 1. The molecule has 4 atom stereocenters. The van der Waals surface area contributed by atoms with Crippen molar-refractivity contribution in [1.29, 1.82) is 0 Å². The summed E-state index contributed by atoms with van der Waals surface area (Å²) in [6.45, 7) is 4.05. The normalized spacial score (nSPS) is 19.5. The molecule has 1 aliphatic rings. The molecule has 0 radical (unpaired) electrons. The van der Waals surface area contributed by atoms with Gasteiger partial charge < -0.3 is 25.0 Å². The number of phenols is 1. The lowest BCUT2D eigenvalue weighted by atomic mass is 9.91. The first-order chi connectivity index (χ1) is 22.4. The van der Waals surface area contributed by atoms with Crippen molar-refractivity contribution in [2.75, 3.05) is 5.75 Å². The van der Waals surface area contributed by atoms with Crippen LogP contribution in [0.4, 0.5) is 0 Å². The predicted octanol–water partition coefficient (Wildman–Crippen LogP) is 5.75. The Morgan fingerprint density at radius 3 is 2.37 bits per heavy atom. The van der Waals surface area contributed by atoms with Gasteiger partial charge in [0.1, 0.15) is 5.75 Å². The first-order valence-corrected chi connectivity index (χ1v) is 16.0. The van der Waals surface area contributed by atoms with Crippen LogP contribution >= 0.6 is 11.8 Å². The van der Waals surface area contributed by atoms with E-state index in [1.807, 2.05) is 72.8 Å². The SMILES string of the molecule is CC(=O)NCc1ccccc1-c1ccc(C2OC(CSc3nnnn3-c3ccc(O)cc3)C(C)C(c3ccc(CO)cc3)O2)cc1. The number of nitrogens with zero attached hydrogens (tertiary/aromatic N) is 4. The summed E-state index contributed by atoms with van der Waals surface area (Å²) in [5.74, 6) is 0.652. The van der Waals surface area contributed by atoms with Crippen molar-refractivity contribution in [1.82, 2.24) is 25.5 Å². The van der Waals surface area contributed by atoms with Gasteiger partial charge in [-0.15, -0.1) is 5.10 Å². The van der Waals surface area contributed by atoms with Crippen LogP contribution in [0.5, 0.6) is 5.75 Å². The van der Waals surface area contributed by atoms with Gasteiger partial charge in [-0.2, -0.15) is 4.68 Å². The molecule has 1 fully saturated rings. The van der Waals surface area contributed by atoms with E-state index in [0.717, 1.165) is 39.1 Å². The van der Waals surface area contributed by atoms with E-state index in [1.165, 1.54) is 18.7 Å². The summed E-state index contributed by atoms with van der Waals surface area (Å²) in [6.07, 6.45) is -1.10. The summed E-state index contributed by atoms with van der Waals surface area (Å²) in [7, 11) is 0. The van der Waals surface area contributed by atoms with Crippen LogP contribution < -0.4 is 5.32 Å². The van der Waals surface area contributed by atoms with Crippen molar-refractivity contribution < 1.29 is 24.5 Å². The fourth-order valence-corrected chi connectivity index (χ4v) is 6.54. The molecule has 46 heavy (non-hydrogen) atoms. The molecule has 10 nitrogen and oxygen atoms in total. The number of nitrogens with one attached hydrogen (secondary N) is 1. The van der Waals surface area contributed by atoms with Gasteiger partial charge in [-0.3, -0.25) is 4.79 Å². The average Bonchev–Trinajstić information content (AvgIpc) is 3.56. The van der Waals surface area contributed by atoms with Gasteiger partial charge in [-0.1, -0.05) is 91.5 Å². The second-order valence-corrected chi connectivity index (χ2v) is 12.2. The molecule has 0 bridgehead atoms. The van der Waals surface area contributed by atoms with Crippen molar-refractivity contribution in [2.45, 2.75) is 50.7 Å². The smallest absolute Gasteiger partial charge is 0.217 e. The van der Waals surface area contributed by atoms with E-state index in [0.29, 0.717) is 17.5 Å². The highest BCUT2D eigenvalue weighted by Gasteiger charge is 2.38. The Kier molecular flexibility index (Phi) is 9.74. The zero-order valence-corrected chi connectivity index (χ0v) is 26.3. The van der Waals surface area contributed by atoms with Crippen molar-refractivity contribution in [2.24, 2.45) is 5.92 Å². The van der Waals surface area contributed by atoms with Gasteiger partial charge in [-0.25, -0.2) is 0 Å². The predicted molar refractivity (Wildman–Crippen MR) is 174 cm³/mol. The van der Waals surface area contributed by atoms with E-state index in [4.69, 9.17) is 9.47 Å². The maximum absolute atomic E-state index is 11.5. The molecule has 6 rings (SSSR count). The van der Waals surface area contributed by atoms with E-state index < -0.39 is 6.29 Å². The van der Waals surface area contributed by atoms with Crippen LogP contribution in [-0.2, 0) is 27.4 Å². The first-order valence-electron chi connectivity index (χ1n) is 15.0. The quantitative estimate of drug-likeness (QED) is 0.164. The summed E-state index contributed by atoms with van der Waals surface area (Å²) < 4.78 is 14.9. The number of carbonyl (C=O) groups excluding carboxylic acids is 1. The van der Waals surface area contributed by atoms with Gasteiger partial charge >= 0.3 is 0 Å². The number of phenolic OH excluding ortho intramolecular Hbond substituents is 1. The highest BCUT2D eigenvalue weighted by atomic mass is 32.2. The minimum atomic E-state index is -0.624. The summed E-state index contributed by atoms with van der Waals surface area (Å²) in [5.41, 5.74) is 6.57. The molecule has 3 N–H and O–H groups in total. The van der Waals surface area contributed by atoms with Gasteiger partial charge in [0.2, 0.25) is 11.1 Å². The van der Waals surface area contributed by atoms with E-state index in [9.17, 15) is 15.0 Å². The van der Waals surface area contributed by atoms with Gasteiger partial charge in [-0.05, 0) is 62.5 Å². The number of rotatable bonds is 10. The molecule has 1 aromatic heterocycles. The zero-order valence-electron chi connectivity index (χ0n) is 25.5. The van der Waals surface area contributed by atoms with E-state index in [1.54, 1.807) is 28.9 Å². The summed E-state index contributed by atoms with van der Waals surface area (Å²) in [4.78, 5) is 11.5. The number of aliphatic hydroxyl groups is 1. The molecule has 1 saturated heterocycles. The van der Waals surface area contributed by atoms with Gasteiger partial charge in [0.05, 0.1) is 24.5 Å². The highest BCUT2D eigenvalue weighted by molar-refractivity contribution is 7.99. The molecular weight excluding hydrogens is 602 g/mol. The number of benzene rings is 4. The molecule has 1 aliphatic heterocycles. The minimum absolute atomic E-state index is 0.0124. The summed E-state index contributed by atoms with van der Waals surface area (Å²) in [6, 6.07) is 30.7. The van der Waals surface area contributed by atoms with E-state index in [-0.39, 0.29) is 36.4 Å². The van der Waals surface area contributed by atoms with Crippen LogP contribution in [0.25, 0.3) is 16.8 Å². The second kappa shape index (κ2) is 14.3. The van der Waals surface area contributed by atoms with Crippen LogP contribution in [-0.4, -0.2) is 48.2 Å². The Morgan fingerprint density at radius 1 is 0.935 bits per heavy atom. The minimum Gasteiger partial charge on any atom is -0.508 e. The summed E-state index contributed by atoms with van der Waals surface area (Å²) in [5, 5.41) is 35.0. The fourth-order valence-electron chi connectivity index (χ4n) is 5.49. The standard InChI is InChI=1S/C35H35N5O5S/c1-22-32(21-46-35-37-38-39-40(35)29-15-17-30(43)18-16-29)44-34(45-33(22)26-9-7-24(20-41)8-10-26)27-13-11-25(12-14-27)31-6-4-3-5-28(31)19-36-23(2)42/h3-18,22,32-34,41,43H,19-21H2,1-2H3,(H,36,42). The Morgan fingerprint density at radius 2 is 1.65 bits per heavy atom. The van der Waals surface area contributed by atoms with Crippen molar-refractivity contribution >= 4 is 17.7 Å². The van der Waals surface area contributed by atoms with Crippen LogP contribution in [0, 0.1) is 5.92 Å². The van der Waals surface area contributed by atoms with Crippen molar-refractivity contribution in [3.05, 3.63) is 119 Å². The molecule has 11 heteroatoms. The molecule has 4 aromatic carbocycles. The largest absolute Gasteiger partial charge is 0.508 e. The maximum Gasteiger partial charge on any atom is 0.217 e.